The van der Waals surface area contributed by atoms with Gasteiger partial charge in [0.05, 0.1) is 0 Å². The summed E-state index contributed by atoms with van der Waals surface area (Å²) in [6.07, 6.45) is 9.05. The molecule has 60 valence electrons. The summed E-state index contributed by atoms with van der Waals surface area (Å²) in [6.45, 7) is 6.57. The zero-order valence-corrected chi connectivity index (χ0v) is 7.65. The standard InChI is InChI=1S/C11H16/c1-4-11-6-5-9(2)7-10(3)8-11/h5-7H,4,8H2,1-3H3. The van der Waals surface area contributed by atoms with Crippen molar-refractivity contribution < 1.29 is 0 Å². The van der Waals surface area contributed by atoms with E-state index in [1.807, 2.05) is 0 Å². The molecule has 0 heteroatoms. The molecule has 0 spiro atoms. The molecule has 0 aliphatic heterocycles. The minimum Gasteiger partial charge on any atom is -0.0690 e. The molecule has 0 saturated carbocycles. The second-order valence-corrected chi connectivity index (χ2v) is 3.26. The molecule has 0 aromatic heterocycles. The third-order valence-corrected chi connectivity index (χ3v) is 2.02. The SMILES string of the molecule is CCC1=CC=C(C)C=C(C)C1. The van der Waals surface area contributed by atoms with E-state index in [9.17, 15) is 0 Å². The van der Waals surface area contributed by atoms with Gasteiger partial charge in [0, 0.05) is 0 Å². The molecule has 0 aromatic rings. The molecule has 1 aliphatic rings. The van der Waals surface area contributed by atoms with Crippen molar-refractivity contribution in [3.63, 3.8) is 0 Å². The minimum absolute atomic E-state index is 1.16. The highest BCUT2D eigenvalue weighted by Gasteiger charge is 1.98. The van der Waals surface area contributed by atoms with Crippen LogP contribution in [0, 0.1) is 0 Å². The quantitative estimate of drug-likeness (QED) is 0.532. The average molecular weight is 148 g/mol. The number of rotatable bonds is 1. The Kier molecular flexibility index (Phi) is 2.70. The molecule has 0 nitrogen and oxygen atoms in total. The summed E-state index contributed by atoms with van der Waals surface area (Å²) in [7, 11) is 0. The minimum atomic E-state index is 1.16. The first kappa shape index (κ1) is 8.32. The molecular formula is C11H16. The first-order valence-corrected chi connectivity index (χ1v) is 4.26. The largest absolute Gasteiger partial charge is 0.0690 e. The summed E-state index contributed by atoms with van der Waals surface area (Å²) in [5, 5.41) is 0. The van der Waals surface area contributed by atoms with E-state index in [-0.39, 0.29) is 0 Å². The third kappa shape index (κ3) is 2.38. The second kappa shape index (κ2) is 3.56. The van der Waals surface area contributed by atoms with E-state index in [0.717, 1.165) is 6.42 Å². The van der Waals surface area contributed by atoms with Crippen molar-refractivity contribution in [2.75, 3.05) is 0 Å². The lowest BCUT2D eigenvalue weighted by Crippen LogP contribution is -1.81. The highest BCUT2D eigenvalue weighted by Crippen LogP contribution is 2.19. The molecule has 0 saturated heterocycles. The zero-order chi connectivity index (χ0) is 8.27. The maximum Gasteiger partial charge on any atom is -0.0105 e. The van der Waals surface area contributed by atoms with E-state index >= 15 is 0 Å². The van der Waals surface area contributed by atoms with E-state index in [2.05, 4.69) is 39.0 Å². The Labute approximate surface area is 69.3 Å². The molecule has 0 fully saturated rings. The van der Waals surface area contributed by atoms with Crippen LogP contribution in [0.5, 0.6) is 0 Å². The molecular weight excluding hydrogens is 132 g/mol. The summed E-state index contributed by atoms with van der Waals surface area (Å²) >= 11 is 0. The molecule has 1 rings (SSSR count). The molecule has 0 aromatic carbocycles. The van der Waals surface area contributed by atoms with Gasteiger partial charge in [0.2, 0.25) is 0 Å². The Morgan fingerprint density at radius 1 is 1.27 bits per heavy atom. The van der Waals surface area contributed by atoms with Crippen molar-refractivity contribution in [1.29, 1.82) is 0 Å². The highest BCUT2D eigenvalue weighted by molar-refractivity contribution is 5.32. The van der Waals surface area contributed by atoms with Crippen LogP contribution in [0.3, 0.4) is 0 Å². The van der Waals surface area contributed by atoms with Gasteiger partial charge in [0.15, 0.2) is 0 Å². The Bertz CT molecular complexity index is 226. The molecule has 0 radical (unpaired) electrons. The molecule has 0 atom stereocenters. The van der Waals surface area contributed by atoms with Gasteiger partial charge in [-0.25, -0.2) is 0 Å². The summed E-state index contributed by atoms with van der Waals surface area (Å²) < 4.78 is 0. The van der Waals surface area contributed by atoms with Gasteiger partial charge < -0.3 is 0 Å². The lowest BCUT2D eigenvalue weighted by Gasteiger charge is -2.00. The van der Waals surface area contributed by atoms with Crippen LogP contribution in [0.1, 0.15) is 33.6 Å². The molecule has 0 heterocycles. The van der Waals surface area contributed by atoms with E-state index in [0.29, 0.717) is 0 Å². The van der Waals surface area contributed by atoms with Crippen molar-refractivity contribution >= 4 is 0 Å². The first-order chi connectivity index (χ1) is 5.22. The van der Waals surface area contributed by atoms with Crippen LogP contribution in [0.4, 0.5) is 0 Å². The van der Waals surface area contributed by atoms with Gasteiger partial charge in [-0.2, -0.15) is 0 Å². The van der Waals surface area contributed by atoms with Crippen molar-refractivity contribution in [2.45, 2.75) is 33.6 Å². The van der Waals surface area contributed by atoms with Crippen LogP contribution >= 0.6 is 0 Å². The van der Waals surface area contributed by atoms with Gasteiger partial charge >= 0.3 is 0 Å². The van der Waals surface area contributed by atoms with Gasteiger partial charge in [-0.05, 0) is 26.7 Å². The maximum absolute atomic E-state index is 2.26. The predicted molar refractivity (Wildman–Crippen MR) is 50.5 cm³/mol. The molecule has 0 N–H and O–H groups in total. The fraction of sp³-hybridized carbons (Fsp3) is 0.455. The van der Waals surface area contributed by atoms with Crippen molar-refractivity contribution in [3.05, 3.63) is 34.9 Å². The highest BCUT2D eigenvalue weighted by atomic mass is 14.0. The number of allylic oxidation sites excluding steroid dienone is 6. The molecule has 0 amide bonds. The maximum atomic E-state index is 2.26. The first-order valence-electron chi connectivity index (χ1n) is 4.26. The fourth-order valence-electron chi connectivity index (χ4n) is 1.40. The molecule has 0 unspecified atom stereocenters. The normalized spacial score (nSPS) is 18.3. The smallest absolute Gasteiger partial charge is 0.0105 e. The number of hydrogen-bond acceptors (Lipinski definition) is 0. The number of hydrogen-bond donors (Lipinski definition) is 0. The summed E-state index contributed by atoms with van der Waals surface area (Å²) in [5.41, 5.74) is 4.38. The molecule has 1 aliphatic carbocycles. The van der Waals surface area contributed by atoms with Gasteiger partial charge in [-0.1, -0.05) is 41.9 Å². The summed E-state index contributed by atoms with van der Waals surface area (Å²) in [6, 6.07) is 0. The lowest BCUT2D eigenvalue weighted by molar-refractivity contribution is 0.993. The van der Waals surface area contributed by atoms with Crippen LogP contribution in [0.25, 0.3) is 0 Å². The van der Waals surface area contributed by atoms with E-state index in [4.69, 9.17) is 0 Å². The van der Waals surface area contributed by atoms with Gasteiger partial charge in [-0.3, -0.25) is 0 Å². The van der Waals surface area contributed by atoms with Crippen molar-refractivity contribution in [2.24, 2.45) is 0 Å². The Hall–Kier alpha value is -0.780. The second-order valence-electron chi connectivity index (χ2n) is 3.26. The predicted octanol–water partition coefficient (Wildman–Crippen LogP) is 3.62. The van der Waals surface area contributed by atoms with Crippen molar-refractivity contribution in [3.8, 4) is 0 Å². The molecule has 0 bridgehead atoms. The summed E-state index contributed by atoms with van der Waals surface area (Å²) in [4.78, 5) is 0. The van der Waals surface area contributed by atoms with Crippen LogP contribution in [0.2, 0.25) is 0 Å². The Balaban J connectivity index is 2.85. The Morgan fingerprint density at radius 2 is 2.00 bits per heavy atom. The molecule has 11 heavy (non-hydrogen) atoms. The van der Waals surface area contributed by atoms with Crippen LogP contribution < -0.4 is 0 Å². The summed E-state index contributed by atoms with van der Waals surface area (Å²) in [5.74, 6) is 0. The zero-order valence-electron chi connectivity index (χ0n) is 7.65. The van der Waals surface area contributed by atoms with E-state index in [1.165, 1.54) is 23.1 Å². The van der Waals surface area contributed by atoms with Crippen LogP contribution in [0.15, 0.2) is 34.9 Å². The lowest BCUT2D eigenvalue weighted by atomic mass is 10.1. The topological polar surface area (TPSA) is 0 Å². The van der Waals surface area contributed by atoms with E-state index < -0.39 is 0 Å². The fourth-order valence-corrected chi connectivity index (χ4v) is 1.40. The van der Waals surface area contributed by atoms with E-state index in [1.54, 1.807) is 0 Å². The third-order valence-electron chi connectivity index (χ3n) is 2.02. The van der Waals surface area contributed by atoms with Gasteiger partial charge in [0.25, 0.3) is 0 Å². The van der Waals surface area contributed by atoms with Gasteiger partial charge in [0.1, 0.15) is 0 Å². The average Bonchev–Trinajstić information content (AvgIpc) is 2.11. The van der Waals surface area contributed by atoms with Gasteiger partial charge in [-0.15, -0.1) is 0 Å². The van der Waals surface area contributed by atoms with Crippen molar-refractivity contribution in [1.82, 2.24) is 0 Å². The van der Waals surface area contributed by atoms with Crippen LogP contribution in [-0.2, 0) is 0 Å². The Morgan fingerprint density at radius 3 is 2.64 bits per heavy atom. The monoisotopic (exact) mass is 148 g/mol. The van der Waals surface area contributed by atoms with Crippen LogP contribution in [-0.4, -0.2) is 0 Å².